The van der Waals surface area contributed by atoms with Crippen LogP contribution in [-0.4, -0.2) is 13.0 Å². The van der Waals surface area contributed by atoms with Crippen LogP contribution in [-0.2, 0) is 6.54 Å². The Morgan fingerprint density at radius 1 is 1.25 bits per heavy atom. The van der Waals surface area contributed by atoms with Gasteiger partial charge in [0.25, 0.3) is 5.91 Å². The summed E-state index contributed by atoms with van der Waals surface area (Å²) in [5.41, 5.74) is 14.3. The number of anilines is 2. The molecule has 0 bridgehead atoms. The molecule has 2 aromatic carbocycles. The van der Waals surface area contributed by atoms with Gasteiger partial charge in [-0.3, -0.25) is 4.79 Å². The first-order chi connectivity index (χ1) is 9.47. The molecule has 4 nitrogen and oxygen atoms in total. The number of carbonyl (C=O) groups is 1. The fraction of sp³-hybridized carbons (Fsp3) is 0.133. The van der Waals surface area contributed by atoms with Gasteiger partial charge in [-0.1, -0.05) is 28.1 Å². The first kappa shape index (κ1) is 14.4. The van der Waals surface area contributed by atoms with Crippen molar-refractivity contribution in [1.82, 2.24) is 0 Å². The molecule has 20 heavy (non-hydrogen) atoms. The maximum atomic E-state index is 11.5. The summed E-state index contributed by atoms with van der Waals surface area (Å²) in [7, 11) is 1.91. The average molecular weight is 334 g/mol. The Labute approximate surface area is 126 Å². The van der Waals surface area contributed by atoms with Gasteiger partial charge in [0.2, 0.25) is 0 Å². The summed E-state index contributed by atoms with van der Waals surface area (Å²) >= 11 is 3.41. The minimum Gasteiger partial charge on any atom is -0.399 e. The molecule has 0 spiro atoms. The highest BCUT2D eigenvalue weighted by Gasteiger charge is 2.12. The minimum absolute atomic E-state index is 0.438. The standard InChI is InChI=1S/C15H16BrN3O/c1-19(9-10-3-2-4-12(17)7-10)14-8-11(16)5-6-13(14)15(18)20/h2-8H,9,17H2,1H3,(H2,18,20). The molecule has 0 aliphatic rings. The van der Waals surface area contributed by atoms with Gasteiger partial charge >= 0.3 is 0 Å². The van der Waals surface area contributed by atoms with Crippen molar-refractivity contribution in [2.24, 2.45) is 5.73 Å². The Morgan fingerprint density at radius 2 is 2.00 bits per heavy atom. The normalized spacial score (nSPS) is 10.3. The van der Waals surface area contributed by atoms with Crippen LogP contribution in [0.15, 0.2) is 46.9 Å². The SMILES string of the molecule is CN(Cc1cccc(N)c1)c1cc(Br)ccc1C(N)=O. The highest BCUT2D eigenvalue weighted by molar-refractivity contribution is 9.10. The summed E-state index contributed by atoms with van der Waals surface area (Å²) < 4.78 is 0.900. The largest absolute Gasteiger partial charge is 0.399 e. The van der Waals surface area contributed by atoms with Crippen LogP contribution >= 0.6 is 15.9 Å². The first-order valence-electron chi connectivity index (χ1n) is 6.12. The van der Waals surface area contributed by atoms with E-state index in [0.29, 0.717) is 12.1 Å². The predicted octanol–water partition coefficient (Wildman–Crippen LogP) is 2.77. The van der Waals surface area contributed by atoms with Crippen LogP contribution in [0.25, 0.3) is 0 Å². The lowest BCUT2D eigenvalue weighted by Crippen LogP contribution is -2.22. The second-order valence-corrected chi connectivity index (χ2v) is 5.54. The second kappa shape index (κ2) is 5.96. The van der Waals surface area contributed by atoms with Gasteiger partial charge in [-0.05, 0) is 35.9 Å². The number of rotatable bonds is 4. The molecule has 0 radical (unpaired) electrons. The predicted molar refractivity (Wildman–Crippen MR) is 85.6 cm³/mol. The van der Waals surface area contributed by atoms with E-state index in [1.54, 1.807) is 12.1 Å². The Morgan fingerprint density at radius 3 is 2.65 bits per heavy atom. The van der Waals surface area contributed by atoms with Crippen molar-refractivity contribution in [3.05, 3.63) is 58.1 Å². The van der Waals surface area contributed by atoms with Crippen LogP contribution in [0, 0.1) is 0 Å². The Bertz CT molecular complexity index is 643. The number of hydrogen-bond acceptors (Lipinski definition) is 3. The number of nitrogens with two attached hydrogens (primary N) is 2. The van der Waals surface area contributed by atoms with E-state index in [9.17, 15) is 4.79 Å². The molecular weight excluding hydrogens is 318 g/mol. The minimum atomic E-state index is -0.438. The highest BCUT2D eigenvalue weighted by atomic mass is 79.9. The molecule has 0 heterocycles. The second-order valence-electron chi connectivity index (χ2n) is 4.63. The number of nitrogen functional groups attached to an aromatic ring is 1. The van der Waals surface area contributed by atoms with Crippen LogP contribution in [0.5, 0.6) is 0 Å². The third-order valence-corrected chi connectivity index (χ3v) is 3.50. The number of hydrogen-bond donors (Lipinski definition) is 2. The molecule has 0 atom stereocenters. The van der Waals surface area contributed by atoms with Gasteiger partial charge in [-0.2, -0.15) is 0 Å². The van der Waals surface area contributed by atoms with Crippen molar-refractivity contribution in [3.63, 3.8) is 0 Å². The molecule has 2 rings (SSSR count). The van der Waals surface area contributed by atoms with Crippen molar-refractivity contribution < 1.29 is 4.79 Å². The van der Waals surface area contributed by atoms with Gasteiger partial charge in [0.05, 0.1) is 11.3 Å². The van der Waals surface area contributed by atoms with E-state index in [2.05, 4.69) is 15.9 Å². The molecule has 5 heteroatoms. The zero-order valence-corrected chi connectivity index (χ0v) is 12.7. The van der Waals surface area contributed by atoms with E-state index >= 15 is 0 Å². The van der Waals surface area contributed by atoms with Gasteiger partial charge in [-0.15, -0.1) is 0 Å². The monoisotopic (exact) mass is 333 g/mol. The van der Waals surface area contributed by atoms with Gasteiger partial charge < -0.3 is 16.4 Å². The van der Waals surface area contributed by atoms with E-state index in [-0.39, 0.29) is 0 Å². The Hall–Kier alpha value is -2.01. The van der Waals surface area contributed by atoms with Crippen molar-refractivity contribution in [2.45, 2.75) is 6.54 Å². The van der Waals surface area contributed by atoms with Crippen LogP contribution in [0.3, 0.4) is 0 Å². The highest BCUT2D eigenvalue weighted by Crippen LogP contribution is 2.25. The van der Waals surface area contributed by atoms with Gasteiger partial charge in [-0.25, -0.2) is 0 Å². The topological polar surface area (TPSA) is 72.3 Å². The third kappa shape index (κ3) is 3.30. The maximum Gasteiger partial charge on any atom is 0.250 e. The molecule has 1 amide bonds. The molecule has 4 N–H and O–H groups in total. The number of nitrogens with zero attached hydrogens (tertiary/aromatic N) is 1. The third-order valence-electron chi connectivity index (χ3n) is 3.01. The number of carbonyl (C=O) groups excluding carboxylic acids is 1. The number of benzene rings is 2. The van der Waals surface area contributed by atoms with Crippen molar-refractivity contribution >= 4 is 33.2 Å². The van der Waals surface area contributed by atoms with E-state index in [1.165, 1.54) is 0 Å². The lowest BCUT2D eigenvalue weighted by Gasteiger charge is -2.22. The summed E-state index contributed by atoms with van der Waals surface area (Å²) in [6.07, 6.45) is 0. The number of halogens is 1. The quantitative estimate of drug-likeness (QED) is 0.845. The molecule has 0 aliphatic heterocycles. The molecule has 0 saturated heterocycles. The van der Waals surface area contributed by atoms with Crippen LogP contribution in [0.1, 0.15) is 15.9 Å². The Balaban J connectivity index is 2.31. The van der Waals surface area contributed by atoms with Crippen LogP contribution in [0.4, 0.5) is 11.4 Å². The molecule has 0 aromatic heterocycles. The molecule has 0 aliphatic carbocycles. The van der Waals surface area contributed by atoms with Crippen LogP contribution in [0.2, 0.25) is 0 Å². The molecule has 104 valence electrons. The van der Waals surface area contributed by atoms with Gasteiger partial charge in [0.1, 0.15) is 0 Å². The maximum absolute atomic E-state index is 11.5. The fourth-order valence-electron chi connectivity index (χ4n) is 2.08. The fourth-order valence-corrected chi connectivity index (χ4v) is 2.43. The summed E-state index contributed by atoms with van der Waals surface area (Å²) in [4.78, 5) is 13.5. The molecule has 0 saturated carbocycles. The van der Waals surface area contributed by atoms with E-state index in [4.69, 9.17) is 11.5 Å². The van der Waals surface area contributed by atoms with Crippen molar-refractivity contribution in [2.75, 3.05) is 17.7 Å². The molecule has 0 fully saturated rings. The lowest BCUT2D eigenvalue weighted by atomic mass is 10.1. The molecular formula is C15H16BrN3O. The summed E-state index contributed by atoms with van der Waals surface area (Å²) in [6.45, 7) is 0.641. The summed E-state index contributed by atoms with van der Waals surface area (Å²) in [5, 5.41) is 0. The number of primary amides is 1. The Kier molecular flexibility index (Phi) is 4.29. The van der Waals surface area contributed by atoms with E-state index in [0.717, 1.165) is 21.4 Å². The van der Waals surface area contributed by atoms with E-state index in [1.807, 2.05) is 42.3 Å². The van der Waals surface area contributed by atoms with Gasteiger partial charge in [0, 0.05) is 23.8 Å². The summed E-state index contributed by atoms with van der Waals surface area (Å²) in [5.74, 6) is -0.438. The number of amides is 1. The smallest absolute Gasteiger partial charge is 0.250 e. The zero-order valence-electron chi connectivity index (χ0n) is 11.1. The lowest BCUT2D eigenvalue weighted by molar-refractivity contribution is 0.100. The molecule has 0 unspecified atom stereocenters. The van der Waals surface area contributed by atoms with Crippen molar-refractivity contribution in [1.29, 1.82) is 0 Å². The zero-order chi connectivity index (χ0) is 14.7. The molecule has 2 aromatic rings. The van der Waals surface area contributed by atoms with Crippen molar-refractivity contribution in [3.8, 4) is 0 Å². The summed E-state index contributed by atoms with van der Waals surface area (Å²) in [6, 6.07) is 13.1. The average Bonchev–Trinajstić information content (AvgIpc) is 2.38. The van der Waals surface area contributed by atoms with Gasteiger partial charge in [0.15, 0.2) is 0 Å². The van der Waals surface area contributed by atoms with Crippen LogP contribution < -0.4 is 16.4 Å². The first-order valence-corrected chi connectivity index (χ1v) is 6.91. The van der Waals surface area contributed by atoms with E-state index < -0.39 is 5.91 Å².